The highest BCUT2D eigenvalue weighted by atomic mass is 32.1. The fraction of sp³-hybridized carbons (Fsp3) is 0.455. The van der Waals surface area contributed by atoms with Crippen molar-refractivity contribution in [3.05, 3.63) is 42.2 Å². The molecule has 32 heavy (non-hydrogen) atoms. The van der Waals surface area contributed by atoms with E-state index in [4.69, 9.17) is 9.72 Å². The summed E-state index contributed by atoms with van der Waals surface area (Å²) in [5, 5.41) is 11.3. The molecular formula is C22H28N8OS. The monoisotopic (exact) mass is 452 g/mol. The fourth-order valence-electron chi connectivity index (χ4n) is 4.62. The van der Waals surface area contributed by atoms with Gasteiger partial charge in [0.1, 0.15) is 5.00 Å². The third kappa shape index (κ3) is 4.25. The standard InChI is InChI=1S/C22H28N8OS/c1-15-11-30-18(16-8-24-25-9-16)10-23-21(30)20(26-15)27-19-7-17(28-32-19)12-29-6-4-5-22(2,13-29)14-31-3/h7-11H,4-6,12-14H2,1-3H3,(H,24,25)(H,26,27)/t22-/m0/s1. The van der Waals surface area contributed by atoms with Crippen molar-refractivity contribution >= 4 is 28.0 Å². The van der Waals surface area contributed by atoms with Crippen LogP contribution in [0.15, 0.2) is 30.9 Å². The smallest absolute Gasteiger partial charge is 0.180 e. The van der Waals surface area contributed by atoms with Gasteiger partial charge in [0.05, 0.1) is 36.1 Å². The Morgan fingerprint density at radius 3 is 3.06 bits per heavy atom. The number of nitrogens with one attached hydrogen (secondary N) is 2. The van der Waals surface area contributed by atoms with Crippen LogP contribution in [0.3, 0.4) is 0 Å². The van der Waals surface area contributed by atoms with Crippen molar-refractivity contribution in [2.75, 3.05) is 32.1 Å². The van der Waals surface area contributed by atoms with E-state index in [2.05, 4.69) is 42.8 Å². The first-order chi connectivity index (χ1) is 15.5. The summed E-state index contributed by atoms with van der Waals surface area (Å²) in [6.07, 6.45) is 9.89. The van der Waals surface area contributed by atoms with E-state index >= 15 is 0 Å². The van der Waals surface area contributed by atoms with Crippen LogP contribution in [-0.4, -0.2) is 60.6 Å². The van der Waals surface area contributed by atoms with E-state index in [1.165, 1.54) is 24.4 Å². The van der Waals surface area contributed by atoms with Crippen molar-refractivity contribution in [2.45, 2.75) is 33.2 Å². The van der Waals surface area contributed by atoms with Crippen molar-refractivity contribution in [3.63, 3.8) is 0 Å². The molecule has 0 bridgehead atoms. The first-order valence-electron chi connectivity index (χ1n) is 10.8. The van der Waals surface area contributed by atoms with Crippen LogP contribution < -0.4 is 5.32 Å². The number of hydrogen-bond acceptors (Lipinski definition) is 8. The number of aromatic amines is 1. The molecule has 1 aliphatic heterocycles. The van der Waals surface area contributed by atoms with Gasteiger partial charge in [0.25, 0.3) is 0 Å². The van der Waals surface area contributed by atoms with Crippen LogP contribution in [0.2, 0.25) is 0 Å². The van der Waals surface area contributed by atoms with Gasteiger partial charge < -0.3 is 10.1 Å². The zero-order chi connectivity index (χ0) is 22.1. The van der Waals surface area contributed by atoms with Gasteiger partial charge in [-0.15, -0.1) is 0 Å². The summed E-state index contributed by atoms with van der Waals surface area (Å²) in [5.74, 6) is 0.723. The number of imidazole rings is 1. The summed E-state index contributed by atoms with van der Waals surface area (Å²) in [5.41, 5.74) is 4.92. The molecule has 4 aromatic heterocycles. The van der Waals surface area contributed by atoms with Gasteiger partial charge in [-0.3, -0.25) is 14.4 Å². The molecule has 1 aliphatic rings. The molecular weight excluding hydrogens is 424 g/mol. The van der Waals surface area contributed by atoms with E-state index in [-0.39, 0.29) is 5.41 Å². The topological polar surface area (TPSA) is 96.3 Å². The van der Waals surface area contributed by atoms with Crippen LogP contribution in [0.1, 0.15) is 31.2 Å². The van der Waals surface area contributed by atoms with E-state index < -0.39 is 0 Å². The van der Waals surface area contributed by atoms with Gasteiger partial charge >= 0.3 is 0 Å². The minimum atomic E-state index is 0.217. The summed E-state index contributed by atoms with van der Waals surface area (Å²) in [6.45, 7) is 8.08. The van der Waals surface area contributed by atoms with Crippen molar-refractivity contribution in [1.29, 1.82) is 0 Å². The largest absolute Gasteiger partial charge is 0.384 e. The van der Waals surface area contributed by atoms with Crippen LogP contribution in [0.5, 0.6) is 0 Å². The van der Waals surface area contributed by atoms with Crippen molar-refractivity contribution in [1.82, 2.24) is 33.8 Å². The molecule has 10 heteroatoms. The zero-order valence-corrected chi connectivity index (χ0v) is 19.4. The number of fused-ring (bicyclic) bond motifs is 1. The minimum Gasteiger partial charge on any atom is -0.384 e. The molecule has 0 amide bonds. The second-order valence-corrected chi connectivity index (χ2v) is 9.73. The van der Waals surface area contributed by atoms with Gasteiger partial charge in [-0.2, -0.15) is 9.47 Å². The number of piperidine rings is 1. The van der Waals surface area contributed by atoms with Crippen LogP contribution >= 0.6 is 11.5 Å². The van der Waals surface area contributed by atoms with Crippen LogP contribution in [0, 0.1) is 12.3 Å². The summed E-state index contributed by atoms with van der Waals surface area (Å²) >= 11 is 1.46. The molecule has 0 saturated carbocycles. The molecule has 4 aromatic rings. The average Bonchev–Trinajstić information content (AvgIpc) is 3.49. The summed E-state index contributed by atoms with van der Waals surface area (Å²) in [6, 6.07) is 2.12. The quantitative estimate of drug-likeness (QED) is 0.439. The van der Waals surface area contributed by atoms with Crippen LogP contribution in [0.25, 0.3) is 16.9 Å². The normalized spacial score (nSPS) is 19.6. The Bertz CT molecular complexity index is 1200. The number of nitrogens with zero attached hydrogens (tertiary/aromatic N) is 6. The van der Waals surface area contributed by atoms with Crippen molar-refractivity contribution < 1.29 is 4.74 Å². The van der Waals surface area contributed by atoms with Crippen LogP contribution in [0.4, 0.5) is 10.8 Å². The van der Waals surface area contributed by atoms with Gasteiger partial charge in [0.2, 0.25) is 0 Å². The van der Waals surface area contributed by atoms with E-state index in [0.717, 1.165) is 65.4 Å². The average molecular weight is 453 g/mol. The lowest BCUT2D eigenvalue weighted by Gasteiger charge is -2.39. The van der Waals surface area contributed by atoms with Gasteiger partial charge in [-0.1, -0.05) is 6.92 Å². The molecule has 5 rings (SSSR count). The molecule has 0 aromatic carbocycles. The Hall–Kier alpha value is -2.82. The third-order valence-corrected chi connectivity index (χ3v) is 6.69. The molecule has 5 heterocycles. The molecule has 1 fully saturated rings. The second kappa shape index (κ2) is 8.61. The summed E-state index contributed by atoms with van der Waals surface area (Å²) in [4.78, 5) is 11.8. The van der Waals surface area contributed by atoms with Crippen LogP contribution in [-0.2, 0) is 11.3 Å². The number of aryl methyl sites for hydroxylation is 1. The maximum Gasteiger partial charge on any atom is 0.180 e. The highest BCUT2D eigenvalue weighted by molar-refractivity contribution is 7.10. The lowest BCUT2D eigenvalue weighted by Crippen LogP contribution is -2.43. The number of rotatable bonds is 7. The number of aromatic nitrogens is 6. The maximum atomic E-state index is 5.45. The molecule has 1 saturated heterocycles. The van der Waals surface area contributed by atoms with Gasteiger partial charge in [0, 0.05) is 43.6 Å². The van der Waals surface area contributed by atoms with Crippen molar-refractivity contribution in [2.24, 2.45) is 5.41 Å². The van der Waals surface area contributed by atoms with E-state index in [1.54, 1.807) is 13.3 Å². The summed E-state index contributed by atoms with van der Waals surface area (Å²) < 4.78 is 12.2. The van der Waals surface area contributed by atoms with E-state index in [9.17, 15) is 0 Å². The number of H-pyrrole nitrogens is 1. The number of anilines is 2. The molecule has 1 atom stereocenters. The van der Waals surface area contributed by atoms with Gasteiger partial charge in [-0.05, 0) is 43.9 Å². The Morgan fingerprint density at radius 2 is 2.25 bits per heavy atom. The zero-order valence-electron chi connectivity index (χ0n) is 18.6. The first-order valence-corrected chi connectivity index (χ1v) is 11.6. The number of hydrogen-bond donors (Lipinski definition) is 2. The van der Waals surface area contributed by atoms with Gasteiger partial charge in [0.15, 0.2) is 11.5 Å². The van der Waals surface area contributed by atoms with Crippen molar-refractivity contribution in [3.8, 4) is 11.3 Å². The molecule has 9 nitrogen and oxygen atoms in total. The Labute approximate surface area is 191 Å². The van der Waals surface area contributed by atoms with Gasteiger partial charge in [-0.25, -0.2) is 9.97 Å². The predicted molar refractivity (Wildman–Crippen MR) is 125 cm³/mol. The number of likely N-dealkylation sites (tertiary alicyclic amines) is 1. The first kappa shape index (κ1) is 21.0. The highest BCUT2D eigenvalue weighted by Gasteiger charge is 2.31. The SMILES string of the molecule is COC[C@@]1(C)CCCN(Cc2cc(Nc3nc(C)cn4c(-c5cn[nH]c5)cnc34)sn2)C1. The molecule has 0 radical (unpaired) electrons. The Morgan fingerprint density at radius 1 is 1.34 bits per heavy atom. The molecule has 2 N–H and O–H groups in total. The maximum absolute atomic E-state index is 5.45. The Kier molecular flexibility index (Phi) is 5.66. The van der Waals surface area contributed by atoms with E-state index in [0.29, 0.717) is 0 Å². The Balaban J connectivity index is 1.34. The predicted octanol–water partition coefficient (Wildman–Crippen LogP) is 3.88. The molecule has 0 spiro atoms. The molecule has 0 aliphatic carbocycles. The van der Waals surface area contributed by atoms with E-state index in [1.807, 2.05) is 29.9 Å². The summed E-state index contributed by atoms with van der Waals surface area (Å²) in [7, 11) is 1.79. The highest BCUT2D eigenvalue weighted by Crippen LogP contribution is 2.31. The molecule has 168 valence electrons. The minimum absolute atomic E-state index is 0.217. The lowest BCUT2D eigenvalue weighted by atomic mass is 9.82. The molecule has 0 unspecified atom stereocenters. The third-order valence-electron chi connectivity index (χ3n) is 5.95. The number of methoxy groups -OCH3 is 1. The second-order valence-electron chi connectivity index (χ2n) is 8.92. The fourth-order valence-corrected chi connectivity index (χ4v) is 5.27. The lowest BCUT2D eigenvalue weighted by molar-refractivity contribution is 0.0213. The number of ether oxygens (including phenoxy) is 1.